The predicted octanol–water partition coefficient (Wildman–Crippen LogP) is 6.44. The smallest absolute Gasteiger partial charge is 0.237 e. The van der Waals surface area contributed by atoms with Gasteiger partial charge >= 0.3 is 0 Å². The lowest BCUT2D eigenvalue weighted by Crippen LogP contribution is -2.59. The minimum absolute atomic E-state index is 0.0897. The molecule has 6 nitrogen and oxygen atoms in total. The normalized spacial score (nSPS) is 31.9. The molecule has 2 aromatic rings. The monoisotopic (exact) mass is 586 g/mol. The second-order valence-electron chi connectivity index (χ2n) is 10.9. The van der Waals surface area contributed by atoms with Gasteiger partial charge in [0.2, 0.25) is 11.8 Å². The van der Waals surface area contributed by atoms with Crippen LogP contribution in [0, 0.1) is 11.8 Å². The van der Waals surface area contributed by atoms with Crippen molar-refractivity contribution in [3.63, 3.8) is 0 Å². The number of anilines is 1. The third-order valence-corrected chi connectivity index (χ3v) is 9.36. The zero-order chi connectivity index (χ0) is 27.3. The van der Waals surface area contributed by atoms with E-state index in [9.17, 15) is 14.7 Å². The van der Waals surface area contributed by atoms with Crippen molar-refractivity contribution in [2.45, 2.75) is 62.2 Å². The first kappa shape index (κ1) is 26.7. The number of halogens is 3. The average Bonchev–Trinajstić information content (AvgIpc) is 3.18. The number of aliphatic hydroxyl groups is 1. The van der Waals surface area contributed by atoms with E-state index in [0.29, 0.717) is 64.2 Å². The van der Waals surface area contributed by atoms with Gasteiger partial charge < -0.3 is 20.5 Å². The van der Waals surface area contributed by atoms with Crippen molar-refractivity contribution >= 4 is 52.3 Å². The lowest BCUT2D eigenvalue weighted by molar-refractivity contribution is -0.135. The van der Waals surface area contributed by atoms with E-state index in [4.69, 9.17) is 39.5 Å². The van der Waals surface area contributed by atoms with Gasteiger partial charge in [-0.2, -0.15) is 0 Å². The Morgan fingerprint density at radius 1 is 0.949 bits per heavy atom. The zero-order valence-electron chi connectivity index (χ0n) is 21.1. The van der Waals surface area contributed by atoms with E-state index in [0.717, 1.165) is 5.56 Å². The molecule has 0 aromatic heterocycles. The van der Waals surface area contributed by atoms with Gasteiger partial charge in [-0.15, -0.1) is 0 Å². The lowest BCUT2D eigenvalue weighted by atomic mass is 9.57. The molecule has 1 unspecified atom stereocenters. The van der Waals surface area contributed by atoms with Crippen molar-refractivity contribution in [3.8, 4) is 5.75 Å². The van der Waals surface area contributed by atoms with E-state index in [1.54, 1.807) is 24.3 Å². The van der Waals surface area contributed by atoms with Crippen molar-refractivity contribution in [2.24, 2.45) is 11.8 Å². The van der Waals surface area contributed by atoms with Crippen LogP contribution in [0.15, 0.2) is 59.7 Å². The molecule has 2 heterocycles. The van der Waals surface area contributed by atoms with Crippen molar-refractivity contribution in [2.75, 3.05) is 5.32 Å². The Morgan fingerprint density at radius 3 is 2.46 bits per heavy atom. The van der Waals surface area contributed by atoms with E-state index in [-0.39, 0.29) is 36.4 Å². The Bertz CT molecular complexity index is 1380. The molecule has 204 valence electrons. The molecular formula is C30H29Cl3N2O4. The minimum Gasteiger partial charge on any atom is -0.490 e. The number of hydrogen-bond acceptors (Lipinski definition) is 4. The maximum atomic E-state index is 14.3. The number of allylic oxidation sites excluding steroid dienone is 4. The molecule has 0 radical (unpaired) electrons. The number of rotatable bonds is 4. The number of nitrogens with one attached hydrogen (secondary N) is 2. The van der Waals surface area contributed by atoms with E-state index in [1.165, 1.54) is 0 Å². The minimum atomic E-state index is -1.16. The molecule has 6 rings (SSSR count). The van der Waals surface area contributed by atoms with Gasteiger partial charge in [0, 0.05) is 32.7 Å². The summed E-state index contributed by atoms with van der Waals surface area (Å²) in [6.07, 6.45) is 8.83. The Morgan fingerprint density at radius 2 is 1.69 bits per heavy atom. The maximum absolute atomic E-state index is 14.3. The molecule has 1 spiro atoms. The summed E-state index contributed by atoms with van der Waals surface area (Å²) in [6.45, 7) is 0. The van der Waals surface area contributed by atoms with Crippen LogP contribution >= 0.6 is 34.8 Å². The summed E-state index contributed by atoms with van der Waals surface area (Å²) in [5.41, 5.74) is 0.887. The predicted molar refractivity (Wildman–Crippen MR) is 152 cm³/mol. The van der Waals surface area contributed by atoms with Crippen molar-refractivity contribution < 1.29 is 19.4 Å². The summed E-state index contributed by atoms with van der Waals surface area (Å²) >= 11 is 19.3. The topological polar surface area (TPSA) is 87.7 Å². The van der Waals surface area contributed by atoms with E-state index in [1.807, 2.05) is 30.4 Å². The van der Waals surface area contributed by atoms with Gasteiger partial charge in [0.25, 0.3) is 0 Å². The lowest BCUT2D eigenvalue weighted by Gasteiger charge is -2.49. The van der Waals surface area contributed by atoms with Gasteiger partial charge in [-0.3, -0.25) is 9.59 Å². The van der Waals surface area contributed by atoms with Gasteiger partial charge in [-0.05, 0) is 85.9 Å². The zero-order valence-corrected chi connectivity index (χ0v) is 23.4. The highest BCUT2D eigenvalue weighted by Gasteiger charge is 2.62. The summed E-state index contributed by atoms with van der Waals surface area (Å²) in [5, 5.41) is 17.9. The summed E-state index contributed by atoms with van der Waals surface area (Å²) in [5.74, 6) is -0.337. The van der Waals surface area contributed by atoms with Crippen LogP contribution in [0.5, 0.6) is 5.75 Å². The maximum Gasteiger partial charge on any atom is 0.237 e. The molecule has 2 fully saturated rings. The van der Waals surface area contributed by atoms with Crippen LogP contribution in [0.2, 0.25) is 10.0 Å². The van der Waals surface area contributed by atoms with E-state index in [2.05, 4.69) is 10.6 Å². The molecular weight excluding hydrogens is 559 g/mol. The molecule has 9 heteroatoms. The second-order valence-corrected chi connectivity index (χ2v) is 12.3. The summed E-state index contributed by atoms with van der Waals surface area (Å²) in [7, 11) is 0. The SMILES string of the molecule is O=C1C[C@@H](C2C=CC=C(Cl)C2)[C@]2(C(=O)Nc3cc(Cl)ccc32)[C@H](c2cc(Cl)ccc2O[C@H]2CC[C@@H](O)CC2)N1. The highest BCUT2D eigenvalue weighted by Crippen LogP contribution is 2.58. The first-order chi connectivity index (χ1) is 18.8. The number of amides is 2. The third kappa shape index (κ3) is 4.76. The fourth-order valence-electron chi connectivity index (χ4n) is 6.84. The van der Waals surface area contributed by atoms with Gasteiger partial charge in [0.15, 0.2) is 0 Å². The summed E-state index contributed by atoms with van der Waals surface area (Å²) < 4.78 is 6.50. The quantitative estimate of drug-likeness (QED) is 0.384. The van der Waals surface area contributed by atoms with Crippen LogP contribution in [0.3, 0.4) is 0 Å². The number of hydrogen-bond donors (Lipinski definition) is 3. The van der Waals surface area contributed by atoms with Gasteiger partial charge in [0.05, 0.1) is 18.2 Å². The van der Waals surface area contributed by atoms with Crippen LogP contribution in [0.4, 0.5) is 5.69 Å². The Kier molecular flexibility index (Phi) is 7.17. The Balaban J connectivity index is 1.51. The van der Waals surface area contributed by atoms with Gasteiger partial charge in [-0.25, -0.2) is 0 Å². The van der Waals surface area contributed by atoms with Crippen molar-refractivity contribution in [3.05, 3.63) is 80.8 Å². The van der Waals surface area contributed by atoms with Crippen LogP contribution in [0.1, 0.15) is 55.7 Å². The Hall–Kier alpha value is -2.51. The molecule has 2 amide bonds. The number of ether oxygens (including phenoxy) is 1. The van der Waals surface area contributed by atoms with Gasteiger partial charge in [0.1, 0.15) is 11.2 Å². The molecule has 3 N–H and O–H groups in total. The fourth-order valence-corrected chi connectivity index (χ4v) is 7.44. The van der Waals surface area contributed by atoms with Crippen molar-refractivity contribution in [1.29, 1.82) is 0 Å². The molecule has 39 heavy (non-hydrogen) atoms. The number of fused-ring (bicyclic) bond motifs is 2. The number of carbonyl (C=O) groups excluding carboxylic acids is 2. The molecule has 4 aliphatic rings. The molecule has 1 saturated heterocycles. The number of piperidine rings is 1. The third-order valence-electron chi connectivity index (χ3n) is 8.61. The van der Waals surface area contributed by atoms with Crippen LogP contribution in [-0.4, -0.2) is 29.1 Å². The van der Waals surface area contributed by atoms with Crippen LogP contribution < -0.4 is 15.4 Å². The number of carbonyl (C=O) groups is 2. The van der Waals surface area contributed by atoms with E-state index < -0.39 is 17.4 Å². The fraction of sp³-hybridized carbons (Fsp3) is 0.400. The van der Waals surface area contributed by atoms with Crippen LogP contribution in [0.25, 0.3) is 0 Å². The molecule has 4 atom stereocenters. The highest BCUT2D eigenvalue weighted by molar-refractivity contribution is 6.31. The molecule has 2 aliphatic carbocycles. The van der Waals surface area contributed by atoms with Crippen LogP contribution in [-0.2, 0) is 15.0 Å². The summed E-state index contributed by atoms with van der Waals surface area (Å²) in [6, 6.07) is 10.00. The summed E-state index contributed by atoms with van der Waals surface area (Å²) in [4.78, 5) is 27.7. The van der Waals surface area contributed by atoms with Gasteiger partial charge in [-0.1, -0.05) is 53.0 Å². The first-order valence-electron chi connectivity index (χ1n) is 13.3. The number of aliphatic hydroxyl groups excluding tert-OH is 1. The molecule has 1 saturated carbocycles. The number of benzene rings is 2. The Labute approximate surface area is 242 Å². The second kappa shape index (κ2) is 10.5. The molecule has 0 bridgehead atoms. The standard InChI is InChI=1S/C30H29Cl3N2O4/c31-17-3-1-2-16(12-17)24-15-27(37)35-28(30(24)23-10-4-19(33)14-25(23)34-29(30)38)22-13-18(32)5-11-26(22)39-21-8-6-20(36)7-9-21/h1-5,10-11,13-14,16,20-21,24,28,36H,6-9,12,15H2,(H,34,38)(H,35,37)/t16?,20-,21+,24-,28-,30-/m0/s1. The highest BCUT2D eigenvalue weighted by atomic mass is 35.5. The molecule has 2 aliphatic heterocycles. The largest absolute Gasteiger partial charge is 0.490 e. The van der Waals surface area contributed by atoms with E-state index >= 15 is 0 Å². The van der Waals surface area contributed by atoms with Crippen molar-refractivity contribution in [1.82, 2.24) is 5.32 Å². The first-order valence-corrected chi connectivity index (χ1v) is 14.5. The average molecular weight is 588 g/mol. The molecule has 2 aromatic carbocycles.